The van der Waals surface area contributed by atoms with E-state index in [4.69, 9.17) is 14.5 Å². The number of pyridine rings is 2. The van der Waals surface area contributed by atoms with Crippen LogP contribution in [0.25, 0.3) is 22.3 Å². The number of halogens is 3. The Labute approximate surface area is 364 Å². The Bertz CT molecular complexity index is 2370. The van der Waals surface area contributed by atoms with Gasteiger partial charge in [0.2, 0.25) is 27.7 Å². The van der Waals surface area contributed by atoms with Gasteiger partial charge in [0.25, 0.3) is 5.91 Å². The van der Waals surface area contributed by atoms with E-state index in [0.717, 1.165) is 12.0 Å². The van der Waals surface area contributed by atoms with Crippen LogP contribution in [0, 0.1) is 11.8 Å². The summed E-state index contributed by atoms with van der Waals surface area (Å²) < 4.78 is 81.1. The van der Waals surface area contributed by atoms with Crippen molar-refractivity contribution in [1.29, 1.82) is 0 Å². The zero-order valence-corrected chi connectivity index (χ0v) is 36.0. The Morgan fingerprint density at radius 3 is 2.54 bits per heavy atom. The van der Waals surface area contributed by atoms with Crippen molar-refractivity contribution in [1.82, 2.24) is 29.8 Å². The Kier molecular flexibility index (Phi) is 12.7. The number of ether oxygens (including phenoxy) is 2. The van der Waals surface area contributed by atoms with Crippen LogP contribution in [0.15, 0.2) is 54.7 Å². The predicted molar refractivity (Wildman–Crippen MR) is 226 cm³/mol. The summed E-state index contributed by atoms with van der Waals surface area (Å²) in [5.74, 6) is -3.77. The van der Waals surface area contributed by atoms with Crippen LogP contribution in [0.4, 0.5) is 13.2 Å². The standard InChI is InChI=1S/C45H53F3N6O8S/c1-44(43(58)52-63(59,60)31-12-13-31)19-8-5-3-2-4-6-10-28(24-39(55)53-21-16-29(17-22-53)45(46,47)48)42(57)54-27-30(25-36(54)41(56)51-44)62-38-26-35(34-11-7-9-20-49-34)50-40-32(38)14-15-37-33(40)18-23-61-37/h5,7-9,11,14-15,20,26,28-31,36H,2-4,6,10,12-13,16-19,21-25,27H2,1H3,(H,51,56)(H,52,58)/b8-5-/t28-,30?,36+,44-/m1/s1. The van der Waals surface area contributed by atoms with Gasteiger partial charge in [-0.05, 0) is 82.6 Å². The van der Waals surface area contributed by atoms with Gasteiger partial charge >= 0.3 is 6.18 Å². The number of hydrogen-bond donors (Lipinski definition) is 2. The van der Waals surface area contributed by atoms with Crippen LogP contribution in [-0.2, 0) is 35.6 Å². The summed E-state index contributed by atoms with van der Waals surface area (Å²) in [6.45, 7) is 1.72. The van der Waals surface area contributed by atoms with Gasteiger partial charge in [0.1, 0.15) is 29.2 Å². The highest BCUT2D eigenvalue weighted by molar-refractivity contribution is 7.91. The van der Waals surface area contributed by atoms with Gasteiger partial charge in [-0.3, -0.25) is 28.9 Å². The molecule has 0 bridgehead atoms. The number of allylic oxidation sites excluding steroid dienone is 1. The van der Waals surface area contributed by atoms with Crippen molar-refractivity contribution < 1.29 is 50.2 Å². The Balaban J connectivity index is 1.12. The first-order valence-electron chi connectivity index (χ1n) is 21.9. The molecule has 6 heterocycles. The summed E-state index contributed by atoms with van der Waals surface area (Å²) in [6, 6.07) is 9.73. The fraction of sp³-hybridized carbons (Fsp3) is 0.556. The van der Waals surface area contributed by atoms with E-state index in [-0.39, 0.29) is 51.7 Å². The topological polar surface area (TPSA) is 177 Å². The summed E-state index contributed by atoms with van der Waals surface area (Å²) in [7, 11) is -3.98. The number of sulfonamides is 1. The molecule has 1 unspecified atom stereocenters. The molecule has 1 saturated carbocycles. The molecule has 0 spiro atoms. The summed E-state index contributed by atoms with van der Waals surface area (Å²) in [6.07, 6.45) is 3.80. The number of carbonyl (C=O) groups is 4. The minimum Gasteiger partial charge on any atom is -0.493 e. The van der Waals surface area contributed by atoms with Crippen molar-refractivity contribution in [2.45, 2.75) is 120 Å². The van der Waals surface area contributed by atoms with Crippen LogP contribution in [0.2, 0.25) is 0 Å². The molecule has 14 nitrogen and oxygen atoms in total. The molecule has 2 saturated heterocycles. The molecular formula is C45H53F3N6O8S. The van der Waals surface area contributed by atoms with Gasteiger partial charge in [0, 0.05) is 61.5 Å². The molecule has 0 radical (unpaired) electrons. The number of likely N-dealkylation sites (tertiary alicyclic amines) is 1. The fourth-order valence-corrected chi connectivity index (χ4v) is 10.5. The molecule has 63 heavy (non-hydrogen) atoms. The molecule has 338 valence electrons. The van der Waals surface area contributed by atoms with Gasteiger partial charge in [-0.25, -0.2) is 13.4 Å². The normalized spacial score (nSPS) is 25.9. The van der Waals surface area contributed by atoms with E-state index in [0.29, 0.717) is 85.3 Å². The lowest BCUT2D eigenvalue weighted by Crippen LogP contribution is -2.61. The molecule has 3 aromatic rings. The maximum atomic E-state index is 14.9. The van der Waals surface area contributed by atoms with Crippen molar-refractivity contribution in [2.75, 3.05) is 26.2 Å². The lowest BCUT2D eigenvalue weighted by molar-refractivity contribution is -0.186. The highest BCUT2D eigenvalue weighted by Crippen LogP contribution is 2.40. The first kappa shape index (κ1) is 44.4. The molecule has 3 fully saturated rings. The average molecular weight is 895 g/mol. The highest BCUT2D eigenvalue weighted by Gasteiger charge is 2.48. The fourth-order valence-electron chi connectivity index (χ4n) is 9.11. The van der Waals surface area contributed by atoms with E-state index in [1.54, 1.807) is 24.4 Å². The molecule has 8 rings (SSSR count). The first-order chi connectivity index (χ1) is 30.1. The number of piperidine rings is 1. The molecule has 18 heteroatoms. The number of fused-ring (bicyclic) bond motifs is 4. The number of carbonyl (C=O) groups excluding carboxylic acids is 4. The number of rotatable bonds is 8. The number of nitrogens with one attached hydrogen (secondary N) is 2. The van der Waals surface area contributed by atoms with E-state index in [2.05, 4.69) is 15.0 Å². The van der Waals surface area contributed by atoms with Crippen LogP contribution in [0.5, 0.6) is 11.5 Å². The van der Waals surface area contributed by atoms with Gasteiger partial charge in [-0.15, -0.1) is 0 Å². The van der Waals surface area contributed by atoms with Crippen LogP contribution < -0.4 is 19.5 Å². The molecular weight excluding hydrogens is 842 g/mol. The molecule has 4 amide bonds. The molecule has 2 N–H and O–H groups in total. The number of hydrogen-bond acceptors (Lipinski definition) is 10. The molecule has 4 atom stereocenters. The smallest absolute Gasteiger partial charge is 0.391 e. The number of aromatic nitrogens is 2. The zero-order valence-electron chi connectivity index (χ0n) is 35.2. The molecule has 1 aromatic carbocycles. The van der Waals surface area contributed by atoms with E-state index < -0.39 is 74.6 Å². The van der Waals surface area contributed by atoms with Gasteiger partial charge in [-0.2, -0.15) is 13.2 Å². The van der Waals surface area contributed by atoms with Crippen LogP contribution in [0.1, 0.15) is 89.5 Å². The van der Waals surface area contributed by atoms with Crippen molar-refractivity contribution >= 4 is 44.6 Å². The molecule has 5 aliphatic rings. The van der Waals surface area contributed by atoms with Crippen LogP contribution in [0.3, 0.4) is 0 Å². The second-order valence-electron chi connectivity index (χ2n) is 17.6. The maximum absolute atomic E-state index is 14.9. The van der Waals surface area contributed by atoms with Crippen molar-refractivity contribution in [3.63, 3.8) is 0 Å². The Morgan fingerprint density at radius 1 is 1.02 bits per heavy atom. The number of amides is 4. The van der Waals surface area contributed by atoms with E-state index >= 15 is 0 Å². The third kappa shape index (κ3) is 9.95. The van der Waals surface area contributed by atoms with Gasteiger partial charge < -0.3 is 24.6 Å². The monoisotopic (exact) mass is 894 g/mol. The number of nitrogens with zero attached hydrogens (tertiary/aromatic N) is 4. The minimum absolute atomic E-state index is 0.0199. The maximum Gasteiger partial charge on any atom is 0.391 e. The lowest BCUT2D eigenvalue weighted by atomic mass is 9.92. The summed E-state index contributed by atoms with van der Waals surface area (Å²) in [4.78, 5) is 69.5. The third-order valence-corrected chi connectivity index (χ3v) is 14.8. The predicted octanol–water partition coefficient (Wildman–Crippen LogP) is 5.78. The quantitative estimate of drug-likeness (QED) is 0.264. The van der Waals surface area contributed by atoms with Gasteiger partial charge in [0.05, 0.1) is 41.2 Å². The Hall–Kier alpha value is -5.26. The Morgan fingerprint density at radius 2 is 1.81 bits per heavy atom. The highest BCUT2D eigenvalue weighted by atomic mass is 32.2. The number of alkyl halides is 3. The van der Waals surface area contributed by atoms with Crippen molar-refractivity contribution in [3.05, 3.63) is 60.3 Å². The summed E-state index contributed by atoms with van der Waals surface area (Å²) >= 11 is 0. The van der Waals surface area contributed by atoms with E-state index in [1.165, 1.54) is 16.7 Å². The second kappa shape index (κ2) is 18.1. The molecule has 4 aliphatic heterocycles. The number of benzene rings is 1. The summed E-state index contributed by atoms with van der Waals surface area (Å²) in [5.41, 5.74) is 0.976. The second-order valence-corrected chi connectivity index (χ2v) is 19.6. The zero-order chi connectivity index (χ0) is 44.5. The largest absolute Gasteiger partial charge is 0.493 e. The summed E-state index contributed by atoms with van der Waals surface area (Å²) in [5, 5.41) is 2.81. The van der Waals surface area contributed by atoms with E-state index in [9.17, 15) is 40.8 Å². The molecule has 1 aliphatic carbocycles. The average Bonchev–Trinajstić information content (AvgIpc) is 3.88. The van der Waals surface area contributed by atoms with Crippen LogP contribution >= 0.6 is 0 Å². The van der Waals surface area contributed by atoms with Crippen LogP contribution in [-0.4, -0.2) is 107 Å². The van der Waals surface area contributed by atoms with Gasteiger partial charge in [-0.1, -0.05) is 31.1 Å². The third-order valence-electron chi connectivity index (χ3n) is 13.0. The van der Waals surface area contributed by atoms with Crippen molar-refractivity contribution in [2.24, 2.45) is 11.8 Å². The van der Waals surface area contributed by atoms with E-state index in [1.807, 2.05) is 30.3 Å². The minimum atomic E-state index is -4.35. The molecule has 2 aromatic heterocycles. The van der Waals surface area contributed by atoms with Gasteiger partial charge in [0.15, 0.2) is 0 Å². The lowest BCUT2D eigenvalue weighted by Gasteiger charge is -2.35. The SMILES string of the molecule is C[C@]1(C(=O)NS(=O)(=O)C2CC2)C/C=C\CCCCC[C@H](CC(=O)N2CCC(C(F)(F)F)CC2)C(=O)N2CC(Oc3cc(-c4ccccn4)nc4c5c(ccc34)OCC5)C[C@H]2C(=O)N1. The van der Waals surface area contributed by atoms with Crippen molar-refractivity contribution in [3.8, 4) is 22.9 Å². The first-order valence-corrected chi connectivity index (χ1v) is 23.5.